The number of amides is 1. The van der Waals surface area contributed by atoms with E-state index in [0.717, 1.165) is 16.3 Å². The van der Waals surface area contributed by atoms with Crippen LogP contribution in [0.1, 0.15) is 33.3 Å². The zero-order valence-corrected chi connectivity index (χ0v) is 17.9. The van der Waals surface area contributed by atoms with Gasteiger partial charge in [-0.15, -0.1) is 0 Å². The third-order valence-electron chi connectivity index (χ3n) is 4.33. The molecule has 0 unspecified atom stereocenters. The summed E-state index contributed by atoms with van der Waals surface area (Å²) in [5.41, 5.74) is 0.769. The first-order valence-corrected chi connectivity index (χ1v) is 9.75. The largest absolute Gasteiger partial charge is 0.496 e. The van der Waals surface area contributed by atoms with Gasteiger partial charge in [0.05, 0.1) is 30.7 Å². The van der Waals surface area contributed by atoms with E-state index in [9.17, 15) is 14.4 Å². The number of anilines is 1. The highest BCUT2D eigenvalue weighted by Crippen LogP contribution is 2.24. The van der Waals surface area contributed by atoms with Crippen LogP contribution in [0, 0.1) is 6.92 Å². The molecular weight excluding hydrogens is 422 g/mol. The minimum Gasteiger partial charge on any atom is -0.496 e. The number of carbonyl (C=O) groups excluding carboxylic acids is 2. The summed E-state index contributed by atoms with van der Waals surface area (Å²) in [6.45, 7) is 3.65. The zero-order chi connectivity index (χ0) is 22.5. The van der Waals surface area contributed by atoms with Crippen LogP contribution in [-0.4, -0.2) is 35.4 Å². The van der Waals surface area contributed by atoms with Gasteiger partial charge in [0.1, 0.15) is 5.75 Å². The van der Waals surface area contributed by atoms with E-state index >= 15 is 0 Å². The highest BCUT2D eigenvalue weighted by Gasteiger charge is 2.22. The van der Waals surface area contributed by atoms with Crippen molar-refractivity contribution in [3.8, 4) is 11.4 Å². The second-order valence-corrected chi connectivity index (χ2v) is 6.95. The van der Waals surface area contributed by atoms with E-state index in [4.69, 9.17) is 21.1 Å². The average Bonchev–Trinajstić information content (AvgIpc) is 2.74. The van der Waals surface area contributed by atoms with E-state index in [1.54, 1.807) is 25.1 Å². The van der Waals surface area contributed by atoms with Gasteiger partial charge in [0.25, 0.3) is 11.5 Å². The van der Waals surface area contributed by atoms with E-state index in [1.165, 1.54) is 19.2 Å². The number of hydrogen-bond donors (Lipinski definition) is 1. The molecule has 0 fully saturated rings. The molecule has 31 heavy (non-hydrogen) atoms. The van der Waals surface area contributed by atoms with Crippen molar-refractivity contribution in [3.05, 3.63) is 80.7 Å². The number of ether oxygens (including phenoxy) is 2. The number of rotatable bonds is 6. The number of carbonyl (C=O) groups is 2. The number of halogens is 1. The van der Waals surface area contributed by atoms with Crippen molar-refractivity contribution < 1.29 is 19.1 Å². The summed E-state index contributed by atoms with van der Waals surface area (Å²) in [4.78, 5) is 38.1. The Morgan fingerprint density at radius 2 is 1.84 bits per heavy atom. The van der Waals surface area contributed by atoms with Gasteiger partial charge in [-0.3, -0.25) is 9.59 Å². The van der Waals surface area contributed by atoms with E-state index in [2.05, 4.69) is 10.4 Å². The van der Waals surface area contributed by atoms with Crippen molar-refractivity contribution in [2.45, 2.75) is 13.8 Å². The summed E-state index contributed by atoms with van der Waals surface area (Å²) in [7, 11) is 1.41. The number of methoxy groups -OCH3 is 1. The highest BCUT2D eigenvalue weighted by molar-refractivity contribution is 6.31. The molecule has 1 N–H and O–H groups in total. The molecule has 2 aromatic carbocycles. The standard InChI is InChI=1S/C22H20ClN3O5/c1-4-31-22(29)20-17(24-21(28)16-11-14(23)7-10-18(16)30-3)12-19(27)26(25-20)15-8-5-13(2)6-9-15/h5-12H,4H2,1-3H3,(H,24,28). The maximum absolute atomic E-state index is 12.8. The van der Waals surface area contributed by atoms with Gasteiger partial charge in [0, 0.05) is 11.1 Å². The Bertz CT molecular complexity index is 1190. The number of benzene rings is 2. The molecule has 8 nitrogen and oxygen atoms in total. The maximum Gasteiger partial charge on any atom is 0.360 e. The molecule has 0 radical (unpaired) electrons. The van der Waals surface area contributed by atoms with Crippen LogP contribution in [0.5, 0.6) is 5.75 Å². The molecule has 1 amide bonds. The monoisotopic (exact) mass is 441 g/mol. The molecule has 1 heterocycles. The average molecular weight is 442 g/mol. The minimum absolute atomic E-state index is 0.0844. The predicted molar refractivity (Wildman–Crippen MR) is 116 cm³/mol. The van der Waals surface area contributed by atoms with E-state index in [1.807, 2.05) is 19.1 Å². The number of esters is 1. The molecule has 0 aliphatic rings. The number of nitrogens with one attached hydrogen (secondary N) is 1. The van der Waals surface area contributed by atoms with Gasteiger partial charge in [-0.25, -0.2) is 4.79 Å². The Morgan fingerprint density at radius 1 is 1.13 bits per heavy atom. The summed E-state index contributed by atoms with van der Waals surface area (Å²) in [5, 5.41) is 7.02. The van der Waals surface area contributed by atoms with Crippen LogP contribution in [-0.2, 0) is 4.74 Å². The van der Waals surface area contributed by atoms with Crippen LogP contribution in [0.3, 0.4) is 0 Å². The topological polar surface area (TPSA) is 99.5 Å². The predicted octanol–water partition coefficient (Wildman–Crippen LogP) is 3.63. The quantitative estimate of drug-likeness (QED) is 0.586. The lowest BCUT2D eigenvalue weighted by molar-refractivity contribution is 0.0518. The minimum atomic E-state index is -0.781. The lowest BCUT2D eigenvalue weighted by atomic mass is 10.1. The third kappa shape index (κ3) is 4.92. The van der Waals surface area contributed by atoms with Crippen LogP contribution < -0.4 is 15.6 Å². The Hall–Kier alpha value is -3.65. The van der Waals surface area contributed by atoms with E-state index in [0.29, 0.717) is 10.7 Å². The molecule has 9 heteroatoms. The van der Waals surface area contributed by atoms with Crippen LogP contribution in [0.2, 0.25) is 5.02 Å². The zero-order valence-electron chi connectivity index (χ0n) is 17.1. The number of aryl methyl sites for hydroxylation is 1. The first-order chi connectivity index (χ1) is 14.8. The van der Waals surface area contributed by atoms with Crippen LogP contribution in [0.25, 0.3) is 5.69 Å². The first-order valence-electron chi connectivity index (χ1n) is 9.37. The molecular formula is C22H20ClN3O5. The Balaban J connectivity index is 2.07. The molecule has 0 saturated carbocycles. The molecule has 0 aliphatic heterocycles. The molecule has 0 bridgehead atoms. The molecule has 0 atom stereocenters. The summed E-state index contributed by atoms with van der Waals surface area (Å²) >= 11 is 5.99. The van der Waals surface area contributed by atoms with Gasteiger partial charge in [-0.1, -0.05) is 29.3 Å². The molecule has 3 aromatic rings. The fraction of sp³-hybridized carbons (Fsp3) is 0.182. The van der Waals surface area contributed by atoms with Crippen LogP contribution >= 0.6 is 11.6 Å². The van der Waals surface area contributed by atoms with Crippen LogP contribution in [0.15, 0.2) is 53.3 Å². The smallest absolute Gasteiger partial charge is 0.360 e. The molecule has 0 saturated heterocycles. The number of hydrogen-bond acceptors (Lipinski definition) is 6. The van der Waals surface area contributed by atoms with E-state index in [-0.39, 0.29) is 29.3 Å². The van der Waals surface area contributed by atoms with Gasteiger partial charge in [-0.2, -0.15) is 9.78 Å². The second-order valence-electron chi connectivity index (χ2n) is 6.51. The van der Waals surface area contributed by atoms with Gasteiger partial charge in [0.15, 0.2) is 5.69 Å². The second kappa shape index (κ2) is 9.44. The molecule has 3 rings (SSSR count). The Labute approximate surface area is 183 Å². The number of aromatic nitrogens is 2. The lowest BCUT2D eigenvalue weighted by Crippen LogP contribution is -2.27. The van der Waals surface area contributed by atoms with Crippen LogP contribution in [0.4, 0.5) is 5.69 Å². The molecule has 0 aliphatic carbocycles. The normalized spacial score (nSPS) is 10.5. The van der Waals surface area contributed by atoms with Crippen molar-refractivity contribution >= 4 is 29.2 Å². The van der Waals surface area contributed by atoms with Gasteiger partial charge >= 0.3 is 5.97 Å². The lowest BCUT2D eigenvalue weighted by Gasteiger charge is -2.14. The van der Waals surface area contributed by atoms with E-state index < -0.39 is 17.4 Å². The molecule has 1 aromatic heterocycles. The number of nitrogens with zero attached hydrogens (tertiary/aromatic N) is 2. The van der Waals surface area contributed by atoms with Gasteiger partial charge < -0.3 is 14.8 Å². The van der Waals surface area contributed by atoms with Crippen molar-refractivity contribution in [2.24, 2.45) is 0 Å². The Morgan fingerprint density at radius 3 is 2.48 bits per heavy atom. The SMILES string of the molecule is CCOC(=O)c1nn(-c2ccc(C)cc2)c(=O)cc1NC(=O)c1cc(Cl)ccc1OC. The summed E-state index contributed by atoms with van der Waals surface area (Å²) in [6.07, 6.45) is 0. The summed E-state index contributed by atoms with van der Waals surface area (Å²) in [5.74, 6) is -1.13. The third-order valence-corrected chi connectivity index (χ3v) is 4.57. The fourth-order valence-corrected chi connectivity index (χ4v) is 2.99. The van der Waals surface area contributed by atoms with Crippen molar-refractivity contribution in [3.63, 3.8) is 0 Å². The molecule has 160 valence electrons. The first kappa shape index (κ1) is 22.0. The summed E-state index contributed by atoms with van der Waals surface area (Å²) < 4.78 is 11.3. The Kier molecular flexibility index (Phi) is 6.71. The van der Waals surface area contributed by atoms with Crippen molar-refractivity contribution in [1.82, 2.24) is 9.78 Å². The molecule has 0 spiro atoms. The fourth-order valence-electron chi connectivity index (χ4n) is 2.82. The van der Waals surface area contributed by atoms with Gasteiger partial charge in [0.2, 0.25) is 0 Å². The maximum atomic E-state index is 12.8. The highest BCUT2D eigenvalue weighted by atomic mass is 35.5. The van der Waals surface area contributed by atoms with Crippen molar-refractivity contribution in [2.75, 3.05) is 19.0 Å². The summed E-state index contributed by atoms with van der Waals surface area (Å²) in [6, 6.07) is 12.7. The van der Waals surface area contributed by atoms with Gasteiger partial charge in [-0.05, 0) is 44.2 Å². The van der Waals surface area contributed by atoms with Crippen molar-refractivity contribution in [1.29, 1.82) is 0 Å².